The van der Waals surface area contributed by atoms with Gasteiger partial charge in [0, 0.05) is 36.1 Å². The molecule has 7 nitrogen and oxygen atoms in total. The molecule has 0 aliphatic carbocycles. The summed E-state index contributed by atoms with van der Waals surface area (Å²) in [7, 11) is 0. The maximum Gasteiger partial charge on any atom is 0.227 e. The van der Waals surface area contributed by atoms with Crippen LogP contribution < -0.4 is 10.1 Å². The van der Waals surface area contributed by atoms with Gasteiger partial charge in [0.2, 0.25) is 5.95 Å². The van der Waals surface area contributed by atoms with Gasteiger partial charge in [-0.25, -0.2) is 15.0 Å². The number of hydrogen-bond donors (Lipinski definition) is 1. The van der Waals surface area contributed by atoms with E-state index < -0.39 is 0 Å². The molecule has 3 heterocycles. The summed E-state index contributed by atoms with van der Waals surface area (Å²) in [6.07, 6.45) is 6.63. The number of hydrogen-bond acceptors (Lipinski definition) is 8. The molecule has 8 heteroatoms. The minimum absolute atomic E-state index is 0.0902. The Morgan fingerprint density at radius 1 is 1.14 bits per heavy atom. The first-order valence-electron chi connectivity index (χ1n) is 9.33. The average Bonchev–Trinajstić information content (AvgIpc) is 3.28. The van der Waals surface area contributed by atoms with Gasteiger partial charge in [-0.05, 0) is 37.5 Å². The van der Waals surface area contributed by atoms with Crippen LogP contribution >= 0.6 is 11.3 Å². The zero-order valence-electron chi connectivity index (χ0n) is 15.4. The highest BCUT2D eigenvalue weighted by molar-refractivity contribution is 7.13. The van der Waals surface area contributed by atoms with E-state index in [0.29, 0.717) is 19.2 Å². The second-order valence-corrected chi connectivity index (χ2v) is 7.17. The fourth-order valence-electron chi connectivity index (χ4n) is 2.86. The van der Waals surface area contributed by atoms with Crippen LogP contribution in [0.1, 0.15) is 19.3 Å². The van der Waals surface area contributed by atoms with Crippen molar-refractivity contribution in [2.45, 2.75) is 25.6 Å². The average molecular weight is 398 g/mol. The number of rotatable bonds is 8. The molecule has 0 bridgehead atoms. The first kappa shape index (κ1) is 18.8. The maximum atomic E-state index is 5.79. The molecule has 1 aliphatic rings. The van der Waals surface area contributed by atoms with Crippen molar-refractivity contribution in [1.29, 1.82) is 0 Å². The highest BCUT2D eigenvalue weighted by Gasteiger charge is 2.13. The lowest BCUT2D eigenvalue weighted by Gasteiger charge is -2.22. The van der Waals surface area contributed by atoms with Gasteiger partial charge in [-0.15, -0.1) is 11.3 Å². The molecule has 0 radical (unpaired) electrons. The number of anilines is 2. The lowest BCUT2D eigenvalue weighted by molar-refractivity contribution is -0.165. The van der Waals surface area contributed by atoms with E-state index in [1.54, 1.807) is 23.7 Å². The molecule has 28 heavy (non-hydrogen) atoms. The molecule has 3 aromatic rings. The fraction of sp³-hybridized carbons (Fsp3) is 0.350. The first-order valence-corrected chi connectivity index (χ1v) is 10.2. The van der Waals surface area contributed by atoms with Gasteiger partial charge in [0.1, 0.15) is 23.1 Å². The third kappa shape index (κ3) is 5.25. The van der Waals surface area contributed by atoms with Crippen molar-refractivity contribution in [3.05, 3.63) is 48.1 Å². The monoisotopic (exact) mass is 398 g/mol. The molecule has 4 rings (SSSR count). The predicted octanol–water partition coefficient (Wildman–Crippen LogP) is 4.27. The number of benzene rings is 1. The fourth-order valence-corrected chi connectivity index (χ4v) is 3.47. The van der Waals surface area contributed by atoms with E-state index in [-0.39, 0.29) is 6.29 Å². The highest BCUT2D eigenvalue weighted by atomic mass is 32.1. The molecule has 1 aliphatic heterocycles. The van der Waals surface area contributed by atoms with Crippen molar-refractivity contribution >= 4 is 23.0 Å². The van der Waals surface area contributed by atoms with Crippen LogP contribution in [0, 0.1) is 0 Å². The van der Waals surface area contributed by atoms with Crippen molar-refractivity contribution < 1.29 is 14.2 Å². The van der Waals surface area contributed by atoms with Crippen molar-refractivity contribution in [2.24, 2.45) is 0 Å². The molecule has 0 amide bonds. The van der Waals surface area contributed by atoms with Crippen LogP contribution in [0.3, 0.4) is 0 Å². The van der Waals surface area contributed by atoms with Crippen LogP contribution in [-0.4, -0.2) is 41.1 Å². The quantitative estimate of drug-likeness (QED) is 0.568. The normalized spacial score (nSPS) is 16.6. The van der Waals surface area contributed by atoms with Crippen LogP contribution in [0.5, 0.6) is 5.75 Å². The van der Waals surface area contributed by atoms with Crippen LogP contribution in [0.25, 0.3) is 10.7 Å². The molecule has 2 aromatic heterocycles. The Morgan fingerprint density at radius 2 is 2.14 bits per heavy atom. The van der Waals surface area contributed by atoms with Crippen molar-refractivity contribution in [1.82, 2.24) is 15.0 Å². The largest absolute Gasteiger partial charge is 0.491 e. The molecule has 1 unspecified atom stereocenters. The Labute approximate surface area is 167 Å². The third-order valence-electron chi connectivity index (χ3n) is 4.19. The molecule has 1 N–H and O–H groups in total. The molecular formula is C20H22N4O3S. The van der Waals surface area contributed by atoms with Crippen molar-refractivity contribution in [3.8, 4) is 16.5 Å². The topological polar surface area (TPSA) is 78.4 Å². The van der Waals surface area contributed by atoms with Gasteiger partial charge >= 0.3 is 0 Å². The SMILES string of the molecule is c1cc(Nc2nccc(-c3nccs3)n2)cc(OCCOC2CCCCO2)c1. The Bertz CT molecular complexity index is 869. The van der Waals surface area contributed by atoms with E-state index in [1.165, 1.54) is 0 Å². The van der Waals surface area contributed by atoms with E-state index in [1.807, 2.05) is 35.7 Å². The minimum Gasteiger partial charge on any atom is -0.491 e. The summed E-state index contributed by atoms with van der Waals surface area (Å²) >= 11 is 1.54. The highest BCUT2D eigenvalue weighted by Crippen LogP contribution is 2.23. The van der Waals surface area contributed by atoms with Crippen molar-refractivity contribution in [2.75, 3.05) is 25.1 Å². The van der Waals surface area contributed by atoms with Gasteiger partial charge in [-0.1, -0.05) is 6.07 Å². The summed E-state index contributed by atoms with van der Waals surface area (Å²) in [6, 6.07) is 9.54. The van der Waals surface area contributed by atoms with Gasteiger partial charge in [0.05, 0.1) is 6.61 Å². The second kappa shape index (κ2) is 9.59. The van der Waals surface area contributed by atoms with Gasteiger partial charge in [-0.3, -0.25) is 0 Å². The summed E-state index contributed by atoms with van der Waals surface area (Å²) in [5.74, 6) is 1.27. The lowest BCUT2D eigenvalue weighted by Crippen LogP contribution is -2.24. The summed E-state index contributed by atoms with van der Waals surface area (Å²) in [5, 5.41) is 6.00. The number of aromatic nitrogens is 3. The zero-order chi connectivity index (χ0) is 19.0. The van der Waals surface area contributed by atoms with E-state index in [0.717, 1.165) is 48.0 Å². The second-order valence-electron chi connectivity index (χ2n) is 6.27. The molecule has 0 spiro atoms. The molecule has 0 saturated carbocycles. The number of thiazole rings is 1. The molecule has 1 aromatic carbocycles. The minimum atomic E-state index is -0.0902. The first-order chi connectivity index (χ1) is 13.9. The third-order valence-corrected chi connectivity index (χ3v) is 4.99. The Morgan fingerprint density at radius 3 is 3.00 bits per heavy atom. The smallest absolute Gasteiger partial charge is 0.227 e. The number of nitrogens with zero attached hydrogens (tertiary/aromatic N) is 3. The maximum absolute atomic E-state index is 5.79. The van der Waals surface area contributed by atoms with Crippen LogP contribution in [0.15, 0.2) is 48.1 Å². The van der Waals surface area contributed by atoms with E-state index in [2.05, 4.69) is 20.3 Å². The van der Waals surface area contributed by atoms with Gasteiger partial charge in [0.25, 0.3) is 0 Å². The van der Waals surface area contributed by atoms with E-state index >= 15 is 0 Å². The summed E-state index contributed by atoms with van der Waals surface area (Å²) in [6.45, 7) is 1.76. The Hall–Kier alpha value is -2.55. The van der Waals surface area contributed by atoms with Gasteiger partial charge in [0.15, 0.2) is 6.29 Å². The summed E-state index contributed by atoms with van der Waals surface area (Å²) in [4.78, 5) is 13.1. The van der Waals surface area contributed by atoms with Crippen molar-refractivity contribution in [3.63, 3.8) is 0 Å². The molecule has 1 fully saturated rings. The molecule has 1 atom stereocenters. The Kier molecular flexibility index (Phi) is 6.44. The van der Waals surface area contributed by atoms with Crippen LogP contribution in [0.4, 0.5) is 11.6 Å². The summed E-state index contributed by atoms with van der Waals surface area (Å²) < 4.78 is 17.0. The number of nitrogens with one attached hydrogen (secondary N) is 1. The van der Waals surface area contributed by atoms with Crippen LogP contribution in [0.2, 0.25) is 0 Å². The van der Waals surface area contributed by atoms with Gasteiger partial charge < -0.3 is 19.5 Å². The molecule has 1 saturated heterocycles. The van der Waals surface area contributed by atoms with E-state index in [9.17, 15) is 0 Å². The molecule has 146 valence electrons. The van der Waals surface area contributed by atoms with E-state index in [4.69, 9.17) is 14.2 Å². The Balaban J connectivity index is 1.30. The lowest BCUT2D eigenvalue weighted by atomic mass is 10.2. The van der Waals surface area contributed by atoms with Gasteiger partial charge in [-0.2, -0.15) is 0 Å². The predicted molar refractivity (Wildman–Crippen MR) is 108 cm³/mol. The summed E-state index contributed by atoms with van der Waals surface area (Å²) in [5.41, 5.74) is 1.65. The molecular weight excluding hydrogens is 376 g/mol. The van der Waals surface area contributed by atoms with Crippen LogP contribution in [-0.2, 0) is 9.47 Å². The number of ether oxygens (including phenoxy) is 3. The standard InChI is InChI=1S/C20H22N4O3S/c1-2-10-26-18(6-1)27-12-11-25-16-5-3-4-15(14-16)23-20-22-8-7-17(24-20)19-21-9-13-28-19/h3-5,7-9,13-14,18H,1-2,6,10-12H2,(H,22,23,24). The zero-order valence-corrected chi connectivity index (χ0v) is 16.2.